The molecule has 3 aliphatic carbocycles. The van der Waals surface area contributed by atoms with Gasteiger partial charge in [0.25, 0.3) is 0 Å². The molecule has 2 aromatic heterocycles. The summed E-state index contributed by atoms with van der Waals surface area (Å²) >= 11 is 0. The number of aromatic nitrogens is 3. The molecule has 5 aliphatic rings. The second kappa shape index (κ2) is 6.05. The Morgan fingerprint density at radius 3 is 2.52 bits per heavy atom. The first-order valence-corrected chi connectivity index (χ1v) is 11.4. The maximum absolute atomic E-state index is 6.14. The first kappa shape index (κ1) is 16.8. The van der Waals surface area contributed by atoms with Crippen molar-refractivity contribution in [2.24, 2.45) is 17.8 Å². The van der Waals surface area contributed by atoms with Crippen LogP contribution in [-0.2, 0) is 11.3 Å². The summed E-state index contributed by atoms with van der Waals surface area (Å²) in [7, 11) is 0. The van der Waals surface area contributed by atoms with Crippen LogP contribution in [0.1, 0.15) is 48.8 Å². The number of hydrogen-bond donors (Lipinski definition) is 1. The summed E-state index contributed by atoms with van der Waals surface area (Å²) in [5, 5.41) is 5.08. The molecule has 6 nitrogen and oxygen atoms in total. The molecule has 0 aromatic carbocycles. The fourth-order valence-corrected chi connectivity index (χ4v) is 5.62. The zero-order chi connectivity index (χ0) is 19.1. The zero-order valence-corrected chi connectivity index (χ0v) is 16.8. The second-order valence-corrected chi connectivity index (χ2v) is 10.1. The number of piperidine rings is 1. The van der Waals surface area contributed by atoms with E-state index in [0.717, 1.165) is 48.8 Å². The lowest BCUT2D eigenvalue weighted by Crippen LogP contribution is -2.48. The lowest BCUT2D eigenvalue weighted by atomic mass is 10.1. The molecule has 7 rings (SSSR count). The van der Waals surface area contributed by atoms with E-state index in [9.17, 15) is 0 Å². The molecule has 2 aliphatic heterocycles. The molecule has 0 amide bonds. The van der Waals surface area contributed by atoms with Crippen molar-refractivity contribution in [2.45, 2.75) is 50.1 Å². The van der Waals surface area contributed by atoms with Crippen LogP contribution in [0.25, 0.3) is 11.3 Å². The molecular weight excluding hydrogens is 362 g/mol. The van der Waals surface area contributed by atoms with E-state index < -0.39 is 0 Å². The lowest BCUT2D eigenvalue weighted by molar-refractivity contribution is -0.0610. The van der Waals surface area contributed by atoms with Crippen LogP contribution in [-0.4, -0.2) is 52.0 Å². The fourth-order valence-electron chi connectivity index (χ4n) is 5.62. The Balaban J connectivity index is 1.18. The molecule has 6 heteroatoms. The maximum atomic E-state index is 6.14. The smallest absolute Gasteiger partial charge is 0.126 e. The number of likely N-dealkylation sites (tertiary alicyclic amines) is 1. The Kier molecular flexibility index (Phi) is 3.51. The average Bonchev–Trinajstić information content (AvgIpc) is 3.61. The van der Waals surface area contributed by atoms with Gasteiger partial charge in [0.05, 0.1) is 24.9 Å². The molecule has 29 heavy (non-hydrogen) atoms. The molecule has 0 radical (unpaired) electrons. The van der Waals surface area contributed by atoms with Crippen LogP contribution in [0.15, 0.2) is 18.3 Å². The van der Waals surface area contributed by atoms with Crippen LogP contribution >= 0.6 is 0 Å². The monoisotopic (exact) mass is 391 g/mol. The Labute approximate surface area is 171 Å². The Hall–Kier alpha value is -1.92. The van der Waals surface area contributed by atoms with Gasteiger partial charge in [-0.2, -0.15) is 5.10 Å². The highest BCUT2D eigenvalue weighted by molar-refractivity contribution is 5.63. The Bertz CT molecular complexity index is 946. The second-order valence-electron chi connectivity index (χ2n) is 10.1. The third-order valence-electron chi connectivity index (χ3n) is 7.90. The summed E-state index contributed by atoms with van der Waals surface area (Å²) in [5.41, 5.74) is 11.1. The number of anilines is 1. The summed E-state index contributed by atoms with van der Waals surface area (Å²) in [5.74, 6) is 4.45. The van der Waals surface area contributed by atoms with Crippen LogP contribution in [0.3, 0.4) is 0 Å². The number of ether oxygens (including phenoxy) is 1. The third kappa shape index (κ3) is 2.83. The van der Waals surface area contributed by atoms with Crippen LogP contribution < -0.4 is 5.73 Å². The minimum Gasteiger partial charge on any atom is -0.383 e. The number of nitrogens with zero attached hydrogens (tertiary/aromatic N) is 4. The highest BCUT2D eigenvalue weighted by Gasteiger charge is 2.58. The van der Waals surface area contributed by atoms with Crippen molar-refractivity contribution in [3.05, 3.63) is 29.6 Å². The number of hydrogen-bond acceptors (Lipinski definition) is 5. The van der Waals surface area contributed by atoms with Crippen molar-refractivity contribution in [3.8, 4) is 11.3 Å². The minimum atomic E-state index is 0.611. The van der Waals surface area contributed by atoms with Gasteiger partial charge in [-0.15, -0.1) is 0 Å². The molecule has 2 aromatic rings. The van der Waals surface area contributed by atoms with Crippen LogP contribution in [0.2, 0.25) is 0 Å². The van der Waals surface area contributed by atoms with Gasteiger partial charge in [-0.1, -0.05) is 0 Å². The van der Waals surface area contributed by atoms with Gasteiger partial charge in [-0.3, -0.25) is 9.58 Å². The zero-order valence-electron chi connectivity index (χ0n) is 16.8. The molecule has 0 spiro atoms. The standard InChI is InChI=1S/C23H29N5O/c24-23-17(14-3-4-14)5-15(7-25-23)20-6-21(28(26-20)8-13-1-2-13)22-18-9-27(10-19(18)22)16-11-29-12-16/h5-7,13-14,16,18-19,22H,1-4,8-12H2,(H2,24,25). The molecule has 5 fully saturated rings. The number of nitrogen functional groups attached to an aromatic ring is 1. The highest BCUT2D eigenvalue weighted by atomic mass is 16.5. The van der Waals surface area contributed by atoms with E-state index in [1.54, 1.807) is 0 Å². The molecule has 3 saturated carbocycles. The van der Waals surface area contributed by atoms with Crippen molar-refractivity contribution in [1.29, 1.82) is 0 Å². The molecule has 2 N–H and O–H groups in total. The number of rotatable bonds is 6. The molecule has 0 bridgehead atoms. The Morgan fingerprint density at radius 1 is 1.07 bits per heavy atom. The van der Waals surface area contributed by atoms with Gasteiger partial charge in [0.15, 0.2) is 0 Å². The molecular formula is C23H29N5O. The SMILES string of the molecule is Nc1ncc(-c2cc(C3C4CN(C5COC5)CC43)n(CC3CC3)n2)cc1C1CC1. The first-order chi connectivity index (χ1) is 14.2. The van der Waals surface area contributed by atoms with Gasteiger partial charge in [-0.25, -0.2) is 4.98 Å². The van der Waals surface area contributed by atoms with E-state index in [-0.39, 0.29) is 0 Å². The van der Waals surface area contributed by atoms with E-state index >= 15 is 0 Å². The van der Waals surface area contributed by atoms with E-state index in [0.29, 0.717) is 23.7 Å². The van der Waals surface area contributed by atoms with Gasteiger partial charge in [0.1, 0.15) is 5.82 Å². The van der Waals surface area contributed by atoms with Gasteiger partial charge >= 0.3 is 0 Å². The van der Waals surface area contributed by atoms with Gasteiger partial charge < -0.3 is 10.5 Å². The van der Waals surface area contributed by atoms with Crippen LogP contribution in [0, 0.1) is 17.8 Å². The van der Waals surface area contributed by atoms with Gasteiger partial charge in [-0.05, 0) is 67.1 Å². The van der Waals surface area contributed by atoms with Gasteiger partial charge in [0.2, 0.25) is 0 Å². The van der Waals surface area contributed by atoms with E-state index in [1.165, 1.54) is 50.0 Å². The summed E-state index contributed by atoms with van der Waals surface area (Å²) in [6, 6.07) is 5.29. The number of pyridine rings is 1. The molecule has 2 unspecified atom stereocenters. The van der Waals surface area contributed by atoms with E-state index in [4.69, 9.17) is 15.6 Å². The minimum absolute atomic E-state index is 0.611. The highest BCUT2D eigenvalue weighted by Crippen LogP contribution is 2.59. The number of fused-ring (bicyclic) bond motifs is 1. The molecule has 2 saturated heterocycles. The normalized spacial score (nSPS) is 31.7. The van der Waals surface area contributed by atoms with Gasteiger partial charge in [0, 0.05) is 43.0 Å². The fraction of sp³-hybridized carbons (Fsp3) is 0.652. The van der Waals surface area contributed by atoms with Crippen molar-refractivity contribution in [3.63, 3.8) is 0 Å². The van der Waals surface area contributed by atoms with E-state index in [1.807, 2.05) is 6.20 Å². The maximum Gasteiger partial charge on any atom is 0.126 e. The van der Waals surface area contributed by atoms with Crippen LogP contribution in [0.5, 0.6) is 0 Å². The Morgan fingerprint density at radius 2 is 1.86 bits per heavy atom. The van der Waals surface area contributed by atoms with Crippen molar-refractivity contribution < 1.29 is 4.74 Å². The van der Waals surface area contributed by atoms with Crippen molar-refractivity contribution in [2.75, 3.05) is 32.0 Å². The summed E-state index contributed by atoms with van der Waals surface area (Å²) in [4.78, 5) is 7.16. The first-order valence-electron chi connectivity index (χ1n) is 11.4. The predicted molar refractivity (Wildman–Crippen MR) is 110 cm³/mol. The summed E-state index contributed by atoms with van der Waals surface area (Å²) in [6.45, 7) is 5.43. The predicted octanol–water partition coefficient (Wildman–Crippen LogP) is 2.86. The average molecular weight is 392 g/mol. The number of nitrogens with two attached hydrogens (primary N) is 1. The van der Waals surface area contributed by atoms with Crippen molar-refractivity contribution >= 4 is 5.82 Å². The molecule has 2 atom stereocenters. The molecule has 4 heterocycles. The largest absolute Gasteiger partial charge is 0.383 e. The van der Waals surface area contributed by atoms with Crippen LogP contribution in [0.4, 0.5) is 5.82 Å². The summed E-state index contributed by atoms with van der Waals surface area (Å²) in [6.07, 6.45) is 7.12. The third-order valence-corrected chi connectivity index (χ3v) is 7.90. The molecule has 152 valence electrons. The van der Waals surface area contributed by atoms with Crippen molar-refractivity contribution in [1.82, 2.24) is 19.7 Å². The quantitative estimate of drug-likeness (QED) is 0.820. The summed E-state index contributed by atoms with van der Waals surface area (Å²) < 4.78 is 7.75. The van der Waals surface area contributed by atoms with E-state index in [2.05, 4.69) is 26.7 Å². The topological polar surface area (TPSA) is 69.2 Å². The lowest BCUT2D eigenvalue weighted by Gasteiger charge is -2.35.